The minimum absolute atomic E-state index is 0.259. The van der Waals surface area contributed by atoms with Gasteiger partial charge in [-0.2, -0.15) is 0 Å². The summed E-state index contributed by atoms with van der Waals surface area (Å²) in [6, 6.07) is 9.82. The first kappa shape index (κ1) is 12.7. The van der Waals surface area contributed by atoms with Crippen molar-refractivity contribution in [3.8, 4) is 0 Å². The summed E-state index contributed by atoms with van der Waals surface area (Å²) in [5.41, 5.74) is 4.58. The molecule has 4 nitrogen and oxygen atoms in total. The number of benzene rings is 1. The van der Waals surface area contributed by atoms with E-state index in [-0.39, 0.29) is 5.82 Å². The highest BCUT2D eigenvalue weighted by Gasteiger charge is 2.08. The van der Waals surface area contributed by atoms with Gasteiger partial charge in [-0.15, -0.1) is 5.10 Å². The monoisotopic (exact) mass is 287 g/mol. The number of halogens is 1. The maximum Gasteiger partial charge on any atom is 0.211 e. The highest BCUT2D eigenvalue weighted by atomic mass is 32.2. The van der Waals surface area contributed by atoms with E-state index in [1.807, 2.05) is 11.5 Å². The SMILES string of the molecule is Fc1ccc(C2=CSC(/N=C/c3ccco3)=NN2)cc1. The normalized spacial score (nSPS) is 14.8. The minimum Gasteiger partial charge on any atom is -0.463 e. The zero-order chi connectivity index (χ0) is 13.8. The first-order valence-electron chi connectivity index (χ1n) is 5.85. The Morgan fingerprint density at radius 2 is 2.10 bits per heavy atom. The Hall–Kier alpha value is -2.34. The first-order chi connectivity index (χ1) is 9.81. The molecule has 2 heterocycles. The summed E-state index contributed by atoms with van der Waals surface area (Å²) >= 11 is 1.38. The number of aliphatic imine (C=N–C) groups is 1. The molecule has 0 aliphatic carbocycles. The zero-order valence-corrected chi connectivity index (χ0v) is 11.1. The molecule has 100 valence electrons. The molecule has 0 atom stereocenters. The summed E-state index contributed by atoms with van der Waals surface area (Å²) in [7, 11) is 0. The first-order valence-corrected chi connectivity index (χ1v) is 6.73. The molecule has 1 N–H and O–H groups in total. The maximum absolute atomic E-state index is 12.9. The number of amidine groups is 1. The smallest absolute Gasteiger partial charge is 0.211 e. The molecule has 1 aliphatic heterocycles. The van der Waals surface area contributed by atoms with Crippen LogP contribution in [0.5, 0.6) is 0 Å². The molecule has 1 aromatic heterocycles. The fourth-order valence-electron chi connectivity index (χ4n) is 1.58. The fourth-order valence-corrected chi connectivity index (χ4v) is 2.20. The van der Waals surface area contributed by atoms with E-state index >= 15 is 0 Å². The molecule has 0 bridgehead atoms. The molecular formula is C14H10FN3OS. The Kier molecular flexibility index (Phi) is 3.64. The van der Waals surface area contributed by atoms with E-state index in [0.717, 1.165) is 11.3 Å². The second kappa shape index (κ2) is 5.75. The number of hydrogen-bond donors (Lipinski definition) is 1. The van der Waals surface area contributed by atoms with E-state index in [0.29, 0.717) is 10.9 Å². The maximum atomic E-state index is 12.9. The number of rotatable bonds is 2. The highest BCUT2D eigenvalue weighted by molar-refractivity contribution is 8.16. The lowest BCUT2D eigenvalue weighted by Gasteiger charge is -2.11. The third-order valence-electron chi connectivity index (χ3n) is 2.55. The van der Waals surface area contributed by atoms with Gasteiger partial charge in [-0.3, -0.25) is 5.43 Å². The third-order valence-corrected chi connectivity index (χ3v) is 3.32. The summed E-state index contributed by atoms with van der Waals surface area (Å²) in [5.74, 6) is 0.409. The van der Waals surface area contributed by atoms with Crippen molar-refractivity contribution in [2.45, 2.75) is 0 Å². The number of hydrazone groups is 1. The van der Waals surface area contributed by atoms with Crippen molar-refractivity contribution in [3.63, 3.8) is 0 Å². The van der Waals surface area contributed by atoms with E-state index in [1.165, 1.54) is 23.9 Å². The number of thioether (sulfide) groups is 1. The Bertz CT molecular complexity index is 675. The molecule has 1 aromatic carbocycles. The predicted octanol–water partition coefficient (Wildman–Crippen LogP) is 3.44. The van der Waals surface area contributed by atoms with E-state index in [2.05, 4.69) is 15.5 Å². The van der Waals surface area contributed by atoms with Gasteiger partial charge in [0, 0.05) is 11.0 Å². The zero-order valence-electron chi connectivity index (χ0n) is 10.3. The van der Waals surface area contributed by atoms with E-state index in [1.54, 1.807) is 30.7 Å². The van der Waals surface area contributed by atoms with Crippen LogP contribution in [0.1, 0.15) is 11.3 Å². The van der Waals surface area contributed by atoms with E-state index in [9.17, 15) is 4.39 Å². The number of hydrogen-bond acceptors (Lipinski definition) is 5. The lowest BCUT2D eigenvalue weighted by atomic mass is 10.2. The van der Waals surface area contributed by atoms with Crippen LogP contribution in [-0.2, 0) is 0 Å². The Labute approximate surface area is 119 Å². The third kappa shape index (κ3) is 2.97. The summed E-state index contributed by atoms with van der Waals surface area (Å²) in [4.78, 5) is 4.20. The number of nitrogens with one attached hydrogen (secondary N) is 1. The molecule has 0 amide bonds. The van der Waals surface area contributed by atoms with Gasteiger partial charge < -0.3 is 4.42 Å². The van der Waals surface area contributed by atoms with Crippen molar-refractivity contribution in [1.29, 1.82) is 0 Å². The lowest BCUT2D eigenvalue weighted by molar-refractivity contribution is 0.560. The topological polar surface area (TPSA) is 49.9 Å². The van der Waals surface area contributed by atoms with Crippen LogP contribution in [0.2, 0.25) is 0 Å². The van der Waals surface area contributed by atoms with Gasteiger partial charge in [0.2, 0.25) is 5.17 Å². The second-order valence-electron chi connectivity index (χ2n) is 3.94. The summed E-state index contributed by atoms with van der Waals surface area (Å²) < 4.78 is 18.0. The Balaban J connectivity index is 1.66. The Morgan fingerprint density at radius 1 is 1.25 bits per heavy atom. The molecule has 0 saturated carbocycles. The van der Waals surface area contributed by atoms with Crippen molar-refractivity contribution < 1.29 is 8.81 Å². The largest absolute Gasteiger partial charge is 0.463 e. The molecule has 0 unspecified atom stereocenters. The molecule has 2 aromatic rings. The Morgan fingerprint density at radius 3 is 2.75 bits per heavy atom. The molecule has 6 heteroatoms. The van der Waals surface area contributed by atoms with Crippen LogP contribution in [0.3, 0.4) is 0 Å². The highest BCUT2D eigenvalue weighted by Crippen LogP contribution is 2.21. The molecule has 3 rings (SSSR count). The van der Waals surface area contributed by atoms with Crippen LogP contribution < -0.4 is 5.43 Å². The minimum atomic E-state index is -0.259. The quantitative estimate of drug-likeness (QED) is 0.861. The van der Waals surface area contributed by atoms with Crippen LogP contribution in [0.15, 0.2) is 62.6 Å². The van der Waals surface area contributed by atoms with E-state index < -0.39 is 0 Å². The van der Waals surface area contributed by atoms with Crippen LogP contribution in [0, 0.1) is 5.82 Å². The van der Waals surface area contributed by atoms with Gasteiger partial charge in [-0.05, 0) is 36.4 Å². The molecule has 0 spiro atoms. The van der Waals surface area contributed by atoms with Gasteiger partial charge in [-0.1, -0.05) is 11.8 Å². The summed E-state index contributed by atoms with van der Waals surface area (Å²) in [5, 5.41) is 6.60. The molecule has 20 heavy (non-hydrogen) atoms. The predicted molar refractivity (Wildman–Crippen MR) is 78.8 cm³/mol. The average molecular weight is 287 g/mol. The number of furan rings is 1. The standard InChI is InChI=1S/C14H10FN3OS/c15-11-5-3-10(4-6-11)13-9-20-14(18-17-13)16-8-12-2-1-7-19-12/h1-9,17H/b16-8+. The second-order valence-corrected chi connectivity index (χ2v) is 4.77. The molecular weight excluding hydrogens is 277 g/mol. The van der Waals surface area contributed by atoms with E-state index in [4.69, 9.17) is 4.42 Å². The van der Waals surface area contributed by atoms with Gasteiger partial charge in [0.25, 0.3) is 0 Å². The van der Waals surface area contributed by atoms with Crippen LogP contribution in [0.25, 0.3) is 5.70 Å². The van der Waals surface area contributed by atoms with Gasteiger partial charge in [-0.25, -0.2) is 9.38 Å². The summed E-state index contributed by atoms with van der Waals surface area (Å²) in [6.07, 6.45) is 3.19. The van der Waals surface area contributed by atoms with Crippen molar-refractivity contribution in [2.75, 3.05) is 0 Å². The van der Waals surface area contributed by atoms with Crippen molar-refractivity contribution in [3.05, 3.63) is 65.2 Å². The van der Waals surface area contributed by atoms with Gasteiger partial charge in [0.15, 0.2) is 0 Å². The fraction of sp³-hybridized carbons (Fsp3) is 0. The average Bonchev–Trinajstić information content (AvgIpc) is 3.00. The van der Waals surface area contributed by atoms with Crippen molar-refractivity contribution >= 4 is 28.8 Å². The number of nitrogens with zero attached hydrogens (tertiary/aromatic N) is 2. The van der Waals surface area contributed by atoms with Crippen LogP contribution in [0.4, 0.5) is 4.39 Å². The van der Waals surface area contributed by atoms with Gasteiger partial charge in [0.1, 0.15) is 11.6 Å². The van der Waals surface area contributed by atoms with Crippen LogP contribution >= 0.6 is 11.8 Å². The van der Waals surface area contributed by atoms with Crippen LogP contribution in [-0.4, -0.2) is 11.4 Å². The molecule has 1 aliphatic rings. The van der Waals surface area contributed by atoms with Crippen molar-refractivity contribution in [1.82, 2.24) is 5.43 Å². The lowest BCUT2D eigenvalue weighted by Crippen LogP contribution is -2.10. The van der Waals surface area contributed by atoms with Crippen molar-refractivity contribution in [2.24, 2.45) is 10.1 Å². The molecule has 0 fully saturated rings. The summed E-state index contributed by atoms with van der Waals surface area (Å²) in [6.45, 7) is 0. The van der Waals surface area contributed by atoms with Gasteiger partial charge in [0.05, 0.1) is 18.2 Å². The molecule has 0 saturated heterocycles. The molecule has 0 radical (unpaired) electrons. The van der Waals surface area contributed by atoms with Gasteiger partial charge >= 0.3 is 0 Å².